The number of hydrogen-bond acceptors (Lipinski definition) is 3. The Morgan fingerprint density at radius 3 is 2.36 bits per heavy atom. The first-order valence-electron chi connectivity index (χ1n) is 10.5. The van der Waals surface area contributed by atoms with E-state index in [0.29, 0.717) is 31.9 Å². The lowest BCUT2D eigenvalue weighted by molar-refractivity contribution is -0.156. The number of nitrogens with zero attached hydrogens (tertiary/aromatic N) is 3. The zero-order chi connectivity index (χ0) is 20.3. The topological polar surface area (TPSA) is 43.9 Å². The van der Waals surface area contributed by atoms with Crippen LogP contribution in [-0.2, 0) is 9.59 Å². The molecule has 2 aliphatic heterocycles. The van der Waals surface area contributed by atoms with E-state index in [-0.39, 0.29) is 23.7 Å². The van der Waals surface area contributed by atoms with Crippen molar-refractivity contribution < 1.29 is 14.0 Å². The molecule has 5 nitrogen and oxygen atoms in total. The van der Waals surface area contributed by atoms with Crippen molar-refractivity contribution >= 4 is 17.5 Å². The highest BCUT2D eigenvalue weighted by Crippen LogP contribution is 2.29. The van der Waals surface area contributed by atoms with Crippen molar-refractivity contribution in [2.24, 2.45) is 5.41 Å². The number of rotatable bonds is 4. The van der Waals surface area contributed by atoms with Crippen LogP contribution in [0.2, 0.25) is 0 Å². The van der Waals surface area contributed by atoms with Gasteiger partial charge in [0.2, 0.25) is 11.8 Å². The molecule has 2 saturated heterocycles. The van der Waals surface area contributed by atoms with Crippen molar-refractivity contribution in [3.63, 3.8) is 0 Å². The Balaban J connectivity index is 1.65. The lowest BCUT2D eigenvalue weighted by atomic mass is 9.86. The Morgan fingerprint density at radius 1 is 1.04 bits per heavy atom. The summed E-state index contributed by atoms with van der Waals surface area (Å²) in [5, 5.41) is 0. The molecule has 1 aromatic rings. The SMILES string of the molecule is CCC1CCCCN1C(=O)C(C)(C)C(=O)N1CCN(c2ccccc2F)CC1. The molecule has 0 spiro atoms. The molecule has 1 atom stereocenters. The molecule has 2 fully saturated rings. The number of hydrogen-bond donors (Lipinski definition) is 0. The van der Waals surface area contributed by atoms with Gasteiger partial charge >= 0.3 is 0 Å². The van der Waals surface area contributed by atoms with E-state index in [1.165, 1.54) is 6.07 Å². The number of amides is 2. The highest BCUT2D eigenvalue weighted by molar-refractivity contribution is 6.04. The maximum Gasteiger partial charge on any atom is 0.237 e. The Hall–Kier alpha value is -2.11. The van der Waals surface area contributed by atoms with Gasteiger partial charge in [0.1, 0.15) is 11.2 Å². The molecule has 1 aromatic carbocycles. The summed E-state index contributed by atoms with van der Waals surface area (Å²) in [6.45, 7) is 8.49. The molecule has 2 amide bonds. The standard InChI is InChI=1S/C22H32FN3O2/c1-4-17-9-7-8-12-26(17)21(28)22(2,3)20(27)25-15-13-24(14-16-25)19-11-6-5-10-18(19)23/h5-6,10-11,17H,4,7-9,12-16H2,1-3H3. The number of carbonyl (C=O) groups is 2. The lowest BCUT2D eigenvalue weighted by Gasteiger charge is -2.42. The smallest absolute Gasteiger partial charge is 0.237 e. The molecule has 6 heteroatoms. The summed E-state index contributed by atoms with van der Waals surface area (Å²) in [4.78, 5) is 32.1. The van der Waals surface area contributed by atoms with Crippen LogP contribution in [0.1, 0.15) is 46.5 Å². The molecule has 0 aromatic heterocycles. The molecule has 28 heavy (non-hydrogen) atoms. The molecule has 0 saturated carbocycles. The number of piperazine rings is 1. The van der Waals surface area contributed by atoms with E-state index in [4.69, 9.17) is 0 Å². The average molecular weight is 390 g/mol. The fourth-order valence-electron chi connectivity index (χ4n) is 4.40. The molecule has 1 unspecified atom stereocenters. The molecular weight excluding hydrogens is 357 g/mol. The Labute approximate surface area is 167 Å². The van der Waals surface area contributed by atoms with Gasteiger partial charge in [-0.25, -0.2) is 4.39 Å². The molecule has 3 rings (SSSR count). The predicted octanol–water partition coefficient (Wildman–Crippen LogP) is 3.29. The van der Waals surface area contributed by atoms with Crippen LogP contribution in [0.3, 0.4) is 0 Å². The summed E-state index contributed by atoms with van der Waals surface area (Å²) in [5.41, 5.74) is -0.491. The van der Waals surface area contributed by atoms with Gasteiger partial charge in [0.05, 0.1) is 5.69 Å². The van der Waals surface area contributed by atoms with Crippen LogP contribution in [0, 0.1) is 11.2 Å². The van der Waals surface area contributed by atoms with Crippen molar-refractivity contribution in [2.45, 2.75) is 52.5 Å². The first-order valence-corrected chi connectivity index (χ1v) is 10.5. The average Bonchev–Trinajstić information content (AvgIpc) is 2.73. The summed E-state index contributed by atoms with van der Waals surface area (Å²) in [6.07, 6.45) is 4.10. The number of benzene rings is 1. The molecule has 154 valence electrons. The molecule has 0 radical (unpaired) electrons. The van der Waals surface area contributed by atoms with E-state index in [1.54, 1.807) is 30.9 Å². The second kappa shape index (κ2) is 8.50. The number of piperidine rings is 1. The Kier molecular flexibility index (Phi) is 6.26. The third-order valence-electron chi connectivity index (χ3n) is 6.19. The number of carbonyl (C=O) groups excluding carboxylic acids is 2. The summed E-state index contributed by atoms with van der Waals surface area (Å²) < 4.78 is 14.0. The third-order valence-corrected chi connectivity index (χ3v) is 6.19. The molecule has 0 aliphatic carbocycles. The van der Waals surface area contributed by atoms with Gasteiger partial charge in [-0.2, -0.15) is 0 Å². The molecular formula is C22H32FN3O2. The molecule has 2 aliphatic rings. The van der Waals surface area contributed by atoms with Crippen LogP contribution in [-0.4, -0.2) is 60.4 Å². The maximum atomic E-state index is 14.0. The summed E-state index contributed by atoms with van der Waals surface area (Å²) in [7, 11) is 0. The fraction of sp³-hybridized carbons (Fsp3) is 0.636. The summed E-state index contributed by atoms with van der Waals surface area (Å²) in [6, 6.07) is 6.96. The lowest BCUT2D eigenvalue weighted by Crippen LogP contribution is -2.57. The van der Waals surface area contributed by atoms with E-state index in [2.05, 4.69) is 6.92 Å². The second-order valence-electron chi connectivity index (χ2n) is 8.41. The summed E-state index contributed by atoms with van der Waals surface area (Å²) in [5.74, 6) is -0.416. The van der Waals surface area contributed by atoms with Crippen LogP contribution in [0.4, 0.5) is 10.1 Å². The van der Waals surface area contributed by atoms with Gasteiger partial charge in [-0.1, -0.05) is 19.1 Å². The number of para-hydroxylation sites is 1. The van der Waals surface area contributed by atoms with E-state index >= 15 is 0 Å². The number of likely N-dealkylation sites (tertiary alicyclic amines) is 1. The van der Waals surface area contributed by atoms with Crippen molar-refractivity contribution in [3.05, 3.63) is 30.1 Å². The predicted molar refractivity (Wildman–Crippen MR) is 109 cm³/mol. The molecule has 2 heterocycles. The van der Waals surface area contributed by atoms with Gasteiger partial charge in [-0.05, 0) is 51.7 Å². The van der Waals surface area contributed by atoms with Gasteiger partial charge in [0, 0.05) is 38.8 Å². The highest BCUT2D eigenvalue weighted by Gasteiger charge is 2.44. The van der Waals surface area contributed by atoms with E-state index in [0.717, 1.165) is 32.2 Å². The zero-order valence-corrected chi connectivity index (χ0v) is 17.3. The zero-order valence-electron chi connectivity index (χ0n) is 17.3. The Bertz CT molecular complexity index is 713. The van der Waals surface area contributed by atoms with Crippen LogP contribution in [0.25, 0.3) is 0 Å². The molecule has 0 N–H and O–H groups in total. The van der Waals surface area contributed by atoms with E-state index < -0.39 is 5.41 Å². The minimum atomic E-state index is -1.06. The Morgan fingerprint density at radius 2 is 1.71 bits per heavy atom. The van der Waals surface area contributed by atoms with Crippen molar-refractivity contribution in [2.75, 3.05) is 37.6 Å². The monoisotopic (exact) mass is 389 g/mol. The van der Waals surface area contributed by atoms with E-state index in [9.17, 15) is 14.0 Å². The van der Waals surface area contributed by atoms with Crippen LogP contribution in [0.5, 0.6) is 0 Å². The van der Waals surface area contributed by atoms with Gasteiger partial charge in [-0.3, -0.25) is 9.59 Å². The van der Waals surface area contributed by atoms with Crippen LogP contribution >= 0.6 is 0 Å². The fourth-order valence-corrected chi connectivity index (χ4v) is 4.40. The minimum Gasteiger partial charge on any atom is -0.366 e. The summed E-state index contributed by atoms with van der Waals surface area (Å²) >= 11 is 0. The van der Waals surface area contributed by atoms with Crippen molar-refractivity contribution in [1.29, 1.82) is 0 Å². The quantitative estimate of drug-likeness (QED) is 0.743. The van der Waals surface area contributed by atoms with Gasteiger partial charge in [0.25, 0.3) is 0 Å². The van der Waals surface area contributed by atoms with E-state index in [1.807, 2.05) is 15.9 Å². The third kappa shape index (κ3) is 4.01. The van der Waals surface area contributed by atoms with Gasteiger partial charge in [0.15, 0.2) is 0 Å². The van der Waals surface area contributed by atoms with Gasteiger partial charge in [-0.15, -0.1) is 0 Å². The van der Waals surface area contributed by atoms with Crippen molar-refractivity contribution in [3.8, 4) is 0 Å². The van der Waals surface area contributed by atoms with Crippen LogP contribution in [0.15, 0.2) is 24.3 Å². The van der Waals surface area contributed by atoms with Gasteiger partial charge < -0.3 is 14.7 Å². The normalized spacial score (nSPS) is 21.0. The number of halogens is 1. The second-order valence-corrected chi connectivity index (χ2v) is 8.41. The maximum absolute atomic E-state index is 14.0. The van der Waals surface area contributed by atoms with Crippen LogP contribution < -0.4 is 4.90 Å². The minimum absolute atomic E-state index is 0.0550. The largest absolute Gasteiger partial charge is 0.366 e. The highest BCUT2D eigenvalue weighted by atomic mass is 19.1. The molecule has 0 bridgehead atoms. The number of anilines is 1. The first kappa shape index (κ1) is 20.6. The van der Waals surface area contributed by atoms with Crippen molar-refractivity contribution in [1.82, 2.24) is 9.80 Å². The first-order chi connectivity index (χ1) is 13.4.